The Kier molecular flexibility index (Phi) is 4.87. The summed E-state index contributed by atoms with van der Waals surface area (Å²) in [6.07, 6.45) is 0.549. The number of Topliss-reactive ketones (excluding diaryl/α,β-unsaturated/α-hetero) is 1. The van der Waals surface area contributed by atoms with Gasteiger partial charge >= 0.3 is 0 Å². The van der Waals surface area contributed by atoms with E-state index in [1.54, 1.807) is 24.3 Å². The SMILES string of the molecule is O=C(Cc1ccccc1Cl)Cc1cc(Cl)ccc1Cl. The first-order valence-corrected chi connectivity index (χ1v) is 6.88. The highest BCUT2D eigenvalue weighted by Crippen LogP contribution is 2.22. The number of halogens is 3. The van der Waals surface area contributed by atoms with Crippen LogP contribution in [0.2, 0.25) is 15.1 Å². The molecule has 0 saturated heterocycles. The van der Waals surface area contributed by atoms with Crippen molar-refractivity contribution in [2.75, 3.05) is 0 Å². The van der Waals surface area contributed by atoms with Crippen LogP contribution in [-0.4, -0.2) is 5.78 Å². The Morgan fingerprint density at radius 1 is 0.842 bits per heavy atom. The Morgan fingerprint density at radius 2 is 1.47 bits per heavy atom. The number of hydrogen-bond acceptors (Lipinski definition) is 1. The fourth-order valence-corrected chi connectivity index (χ4v) is 2.39. The molecule has 0 saturated carbocycles. The minimum absolute atomic E-state index is 0.0530. The quantitative estimate of drug-likeness (QED) is 0.776. The molecule has 2 rings (SSSR count). The summed E-state index contributed by atoms with van der Waals surface area (Å²) in [5, 5.41) is 1.73. The topological polar surface area (TPSA) is 17.1 Å². The minimum Gasteiger partial charge on any atom is -0.299 e. The number of ketones is 1. The standard InChI is InChI=1S/C15H11Cl3O/c16-12-5-6-15(18)11(7-12)9-13(19)8-10-3-1-2-4-14(10)17/h1-7H,8-9H2. The Bertz CT molecular complexity index is 608. The van der Waals surface area contributed by atoms with Crippen molar-refractivity contribution in [1.82, 2.24) is 0 Å². The number of hydrogen-bond donors (Lipinski definition) is 0. The first kappa shape index (κ1) is 14.4. The molecule has 0 spiro atoms. The van der Waals surface area contributed by atoms with Gasteiger partial charge < -0.3 is 0 Å². The normalized spacial score (nSPS) is 10.5. The van der Waals surface area contributed by atoms with E-state index in [2.05, 4.69) is 0 Å². The third kappa shape index (κ3) is 3.97. The van der Waals surface area contributed by atoms with Crippen LogP contribution in [0.25, 0.3) is 0 Å². The Balaban J connectivity index is 2.10. The molecule has 0 atom stereocenters. The third-order valence-corrected chi connectivity index (χ3v) is 3.71. The number of rotatable bonds is 4. The summed E-state index contributed by atoms with van der Waals surface area (Å²) in [5.74, 6) is 0.0530. The van der Waals surface area contributed by atoms with Crippen molar-refractivity contribution >= 4 is 40.6 Å². The van der Waals surface area contributed by atoms with Gasteiger partial charge in [0.1, 0.15) is 5.78 Å². The van der Waals surface area contributed by atoms with Gasteiger partial charge in [-0.3, -0.25) is 4.79 Å². The Hall–Kier alpha value is -1.02. The van der Waals surface area contributed by atoms with Crippen LogP contribution >= 0.6 is 34.8 Å². The predicted molar refractivity (Wildman–Crippen MR) is 80.3 cm³/mol. The molecule has 0 aliphatic rings. The van der Waals surface area contributed by atoms with E-state index in [1.807, 2.05) is 18.2 Å². The maximum atomic E-state index is 12.0. The zero-order valence-electron chi connectivity index (χ0n) is 10.00. The fraction of sp³-hybridized carbons (Fsp3) is 0.133. The average Bonchev–Trinajstić information content (AvgIpc) is 2.37. The summed E-state index contributed by atoms with van der Waals surface area (Å²) >= 11 is 18.0. The molecule has 1 nitrogen and oxygen atoms in total. The Labute approximate surface area is 127 Å². The predicted octanol–water partition coefficient (Wildman–Crippen LogP) is 5.00. The zero-order valence-corrected chi connectivity index (χ0v) is 12.3. The molecule has 0 amide bonds. The van der Waals surface area contributed by atoms with E-state index in [4.69, 9.17) is 34.8 Å². The van der Waals surface area contributed by atoms with E-state index in [0.717, 1.165) is 11.1 Å². The van der Waals surface area contributed by atoms with Crippen molar-refractivity contribution in [2.45, 2.75) is 12.8 Å². The largest absolute Gasteiger partial charge is 0.299 e. The van der Waals surface area contributed by atoms with Crippen LogP contribution < -0.4 is 0 Å². The highest BCUT2D eigenvalue weighted by atomic mass is 35.5. The van der Waals surface area contributed by atoms with Crippen molar-refractivity contribution in [2.24, 2.45) is 0 Å². The van der Waals surface area contributed by atoms with Gasteiger partial charge in [0.05, 0.1) is 0 Å². The maximum absolute atomic E-state index is 12.0. The van der Waals surface area contributed by atoms with Gasteiger partial charge in [-0.2, -0.15) is 0 Å². The lowest BCUT2D eigenvalue weighted by atomic mass is 10.0. The average molecular weight is 314 g/mol. The molecule has 0 unspecified atom stereocenters. The molecule has 0 aliphatic carbocycles. The highest BCUT2D eigenvalue weighted by Gasteiger charge is 2.10. The Morgan fingerprint density at radius 3 is 2.21 bits per heavy atom. The van der Waals surface area contributed by atoms with E-state index in [0.29, 0.717) is 21.5 Å². The first-order chi connectivity index (χ1) is 9.06. The first-order valence-electron chi connectivity index (χ1n) is 5.75. The lowest BCUT2D eigenvalue weighted by molar-refractivity contribution is -0.117. The summed E-state index contributed by atoms with van der Waals surface area (Å²) in [7, 11) is 0. The molecule has 0 heterocycles. The van der Waals surface area contributed by atoms with Crippen LogP contribution in [0.15, 0.2) is 42.5 Å². The lowest BCUT2D eigenvalue weighted by Crippen LogP contribution is -2.07. The molecule has 0 aliphatic heterocycles. The molecule has 2 aromatic rings. The van der Waals surface area contributed by atoms with Crippen LogP contribution in [0, 0.1) is 0 Å². The van der Waals surface area contributed by atoms with Crippen molar-refractivity contribution in [3.63, 3.8) is 0 Å². The summed E-state index contributed by atoms with van der Waals surface area (Å²) in [5.41, 5.74) is 1.57. The molecule has 0 bridgehead atoms. The minimum atomic E-state index is 0.0530. The van der Waals surface area contributed by atoms with Crippen LogP contribution in [-0.2, 0) is 17.6 Å². The van der Waals surface area contributed by atoms with Gasteiger partial charge in [-0.25, -0.2) is 0 Å². The zero-order chi connectivity index (χ0) is 13.8. The molecule has 98 valence electrons. The molecule has 4 heteroatoms. The fourth-order valence-electron chi connectivity index (χ4n) is 1.81. The molecule has 0 N–H and O–H groups in total. The van der Waals surface area contributed by atoms with E-state index >= 15 is 0 Å². The van der Waals surface area contributed by atoms with Gasteiger partial charge in [-0.05, 0) is 35.4 Å². The second kappa shape index (κ2) is 6.42. The van der Waals surface area contributed by atoms with Gasteiger partial charge in [0.15, 0.2) is 0 Å². The van der Waals surface area contributed by atoms with E-state index in [-0.39, 0.29) is 12.2 Å². The van der Waals surface area contributed by atoms with Gasteiger partial charge in [-0.1, -0.05) is 53.0 Å². The summed E-state index contributed by atoms with van der Waals surface area (Å²) in [6, 6.07) is 12.4. The molecular weight excluding hydrogens is 303 g/mol. The second-order valence-electron chi connectivity index (χ2n) is 4.22. The van der Waals surface area contributed by atoms with Crippen molar-refractivity contribution in [3.05, 3.63) is 68.7 Å². The third-order valence-electron chi connectivity index (χ3n) is 2.74. The van der Waals surface area contributed by atoms with Crippen LogP contribution in [0.5, 0.6) is 0 Å². The summed E-state index contributed by atoms with van der Waals surface area (Å²) < 4.78 is 0. The highest BCUT2D eigenvalue weighted by molar-refractivity contribution is 6.33. The van der Waals surface area contributed by atoms with Gasteiger partial charge in [-0.15, -0.1) is 0 Å². The van der Waals surface area contributed by atoms with E-state index in [1.165, 1.54) is 0 Å². The summed E-state index contributed by atoms with van der Waals surface area (Å²) in [4.78, 5) is 12.0. The number of carbonyl (C=O) groups excluding carboxylic acids is 1. The number of benzene rings is 2. The molecule has 19 heavy (non-hydrogen) atoms. The second-order valence-corrected chi connectivity index (χ2v) is 5.47. The smallest absolute Gasteiger partial charge is 0.141 e. The lowest BCUT2D eigenvalue weighted by Gasteiger charge is -2.06. The van der Waals surface area contributed by atoms with Gasteiger partial charge in [0.25, 0.3) is 0 Å². The number of carbonyl (C=O) groups is 1. The molecule has 2 aromatic carbocycles. The van der Waals surface area contributed by atoms with Crippen molar-refractivity contribution in [3.8, 4) is 0 Å². The molecule has 0 aromatic heterocycles. The van der Waals surface area contributed by atoms with Crippen LogP contribution in [0.4, 0.5) is 0 Å². The van der Waals surface area contributed by atoms with Crippen LogP contribution in [0.3, 0.4) is 0 Å². The van der Waals surface area contributed by atoms with E-state index in [9.17, 15) is 4.79 Å². The monoisotopic (exact) mass is 312 g/mol. The summed E-state index contributed by atoms with van der Waals surface area (Å²) in [6.45, 7) is 0. The van der Waals surface area contributed by atoms with E-state index < -0.39 is 0 Å². The molecule has 0 radical (unpaired) electrons. The molecular formula is C15H11Cl3O. The van der Waals surface area contributed by atoms with Crippen LogP contribution in [0.1, 0.15) is 11.1 Å². The molecule has 0 fully saturated rings. The van der Waals surface area contributed by atoms with Gasteiger partial charge in [0, 0.05) is 27.9 Å². The van der Waals surface area contributed by atoms with Gasteiger partial charge in [0.2, 0.25) is 0 Å². The van der Waals surface area contributed by atoms with Crippen molar-refractivity contribution < 1.29 is 4.79 Å². The van der Waals surface area contributed by atoms with Crippen molar-refractivity contribution in [1.29, 1.82) is 0 Å². The maximum Gasteiger partial charge on any atom is 0.141 e.